The quantitative estimate of drug-likeness (QED) is 0.731. The summed E-state index contributed by atoms with van der Waals surface area (Å²) in [6.45, 7) is 12.8. The Labute approximate surface area is 142 Å². The van der Waals surface area contributed by atoms with Gasteiger partial charge < -0.3 is 5.11 Å². The van der Waals surface area contributed by atoms with Crippen LogP contribution in [-0.4, -0.2) is 25.1 Å². The van der Waals surface area contributed by atoms with E-state index in [1.165, 1.54) is 4.80 Å². The topological polar surface area (TPSA) is 63.8 Å². The minimum Gasteiger partial charge on any atom is -0.505 e. The number of aromatic hydroxyl groups is 1. The van der Waals surface area contributed by atoms with E-state index in [1.54, 1.807) is 12.4 Å². The van der Waals surface area contributed by atoms with E-state index in [2.05, 4.69) is 62.8 Å². The number of fused-ring (bicyclic) bond motifs is 1. The standard InChI is InChI=1S/C19H24N4O/c1-18(2,3)12-9-13(19(4,5)6)17(24)16(10-12)23-21-14-7-8-20-11-15(14)22-23/h7-11,24H,1-6H3. The van der Waals surface area contributed by atoms with E-state index < -0.39 is 0 Å². The lowest BCUT2D eigenvalue weighted by atomic mass is 9.80. The molecule has 126 valence electrons. The largest absolute Gasteiger partial charge is 0.505 e. The Bertz CT molecular complexity index is 865. The number of phenols is 1. The van der Waals surface area contributed by atoms with Crippen LogP contribution in [0.5, 0.6) is 5.75 Å². The van der Waals surface area contributed by atoms with E-state index in [1.807, 2.05) is 12.1 Å². The van der Waals surface area contributed by atoms with Crippen molar-refractivity contribution in [2.24, 2.45) is 0 Å². The van der Waals surface area contributed by atoms with Gasteiger partial charge in [0.25, 0.3) is 0 Å². The second-order valence-corrected chi connectivity index (χ2v) is 8.25. The molecule has 3 rings (SSSR count). The molecule has 0 saturated carbocycles. The molecule has 0 aliphatic rings. The molecule has 1 N–H and O–H groups in total. The average molecular weight is 324 g/mol. The molecular weight excluding hydrogens is 300 g/mol. The zero-order valence-electron chi connectivity index (χ0n) is 15.1. The van der Waals surface area contributed by atoms with Crippen LogP contribution in [0.4, 0.5) is 0 Å². The van der Waals surface area contributed by atoms with Crippen molar-refractivity contribution in [3.8, 4) is 11.4 Å². The minimum atomic E-state index is -0.186. The second kappa shape index (κ2) is 5.30. The Kier molecular flexibility index (Phi) is 3.62. The van der Waals surface area contributed by atoms with Crippen molar-refractivity contribution in [1.29, 1.82) is 0 Å². The van der Waals surface area contributed by atoms with Crippen molar-refractivity contribution in [2.75, 3.05) is 0 Å². The van der Waals surface area contributed by atoms with Crippen molar-refractivity contribution in [3.05, 3.63) is 41.7 Å². The maximum atomic E-state index is 10.9. The molecule has 0 amide bonds. The lowest BCUT2D eigenvalue weighted by Gasteiger charge is -2.27. The van der Waals surface area contributed by atoms with Crippen LogP contribution in [0.3, 0.4) is 0 Å². The van der Waals surface area contributed by atoms with Gasteiger partial charge in [-0.3, -0.25) is 4.98 Å². The predicted molar refractivity (Wildman–Crippen MR) is 95.7 cm³/mol. The molecule has 0 bridgehead atoms. The lowest BCUT2D eigenvalue weighted by molar-refractivity contribution is 0.438. The van der Waals surface area contributed by atoms with Gasteiger partial charge in [-0.05, 0) is 28.5 Å². The third kappa shape index (κ3) is 2.86. The van der Waals surface area contributed by atoms with E-state index in [4.69, 9.17) is 0 Å². The van der Waals surface area contributed by atoms with Crippen molar-refractivity contribution >= 4 is 11.0 Å². The SMILES string of the molecule is CC(C)(C)c1cc(-n2nc3ccncc3n2)c(O)c(C(C)(C)C)c1. The van der Waals surface area contributed by atoms with Crippen molar-refractivity contribution in [2.45, 2.75) is 52.4 Å². The highest BCUT2D eigenvalue weighted by Gasteiger charge is 2.26. The van der Waals surface area contributed by atoms with Crippen LogP contribution in [0, 0.1) is 0 Å². The van der Waals surface area contributed by atoms with Crippen molar-refractivity contribution in [3.63, 3.8) is 0 Å². The predicted octanol–water partition coefficient (Wildman–Crippen LogP) is 4.12. The summed E-state index contributed by atoms with van der Waals surface area (Å²) in [5.41, 5.74) is 3.86. The maximum Gasteiger partial charge on any atom is 0.146 e. The lowest BCUT2D eigenvalue weighted by Crippen LogP contribution is -2.18. The van der Waals surface area contributed by atoms with Crippen LogP contribution < -0.4 is 0 Å². The Morgan fingerprint density at radius 3 is 2.17 bits per heavy atom. The van der Waals surface area contributed by atoms with Crippen LogP contribution in [-0.2, 0) is 10.8 Å². The number of rotatable bonds is 1. The number of benzene rings is 1. The Hall–Kier alpha value is -2.43. The van der Waals surface area contributed by atoms with E-state index in [0.717, 1.165) is 16.6 Å². The summed E-state index contributed by atoms with van der Waals surface area (Å²) in [5, 5.41) is 19.8. The smallest absolute Gasteiger partial charge is 0.146 e. The van der Waals surface area contributed by atoms with Gasteiger partial charge in [-0.15, -0.1) is 15.0 Å². The fraction of sp³-hybridized carbons (Fsp3) is 0.421. The van der Waals surface area contributed by atoms with Crippen molar-refractivity contribution in [1.82, 2.24) is 20.0 Å². The average Bonchev–Trinajstić information content (AvgIpc) is 2.88. The van der Waals surface area contributed by atoms with Crippen LogP contribution in [0.1, 0.15) is 52.7 Å². The number of nitrogens with zero attached hydrogens (tertiary/aromatic N) is 4. The first-order chi connectivity index (χ1) is 11.1. The zero-order chi connectivity index (χ0) is 17.7. The molecule has 24 heavy (non-hydrogen) atoms. The van der Waals surface area contributed by atoms with Crippen molar-refractivity contribution < 1.29 is 5.11 Å². The molecule has 2 heterocycles. The first-order valence-corrected chi connectivity index (χ1v) is 8.13. The van der Waals surface area contributed by atoms with Crippen LogP contribution in [0.15, 0.2) is 30.6 Å². The minimum absolute atomic E-state index is 0.0451. The number of hydrogen-bond acceptors (Lipinski definition) is 4. The number of aromatic nitrogens is 4. The van der Waals surface area contributed by atoms with Gasteiger partial charge in [0, 0.05) is 11.8 Å². The normalized spacial score (nSPS) is 12.8. The molecule has 0 aliphatic heterocycles. The van der Waals surface area contributed by atoms with Crippen LogP contribution >= 0.6 is 0 Å². The molecular formula is C19H24N4O. The van der Waals surface area contributed by atoms with Gasteiger partial charge in [0.2, 0.25) is 0 Å². The molecule has 0 spiro atoms. The Morgan fingerprint density at radius 2 is 1.58 bits per heavy atom. The van der Waals surface area contributed by atoms with Crippen LogP contribution in [0.2, 0.25) is 0 Å². The third-order valence-corrected chi connectivity index (χ3v) is 4.16. The van der Waals surface area contributed by atoms with Gasteiger partial charge in [-0.1, -0.05) is 47.6 Å². The third-order valence-electron chi connectivity index (χ3n) is 4.16. The van der Waals surface area contributed by atoms with Gasteiger partial charge in [0.1, 0.15) is 22.5 Å². The molecule has 0 unspecified atom stereocenters. The second-order valence-electron chi connectivity index (χ2n) is 8.25. The van der Waals surface area contributed by atoms with E-state index in [9.17, 15) is 5.11 Å². The molecule has 1 aromatic carbocycles. The first-order valence-electron chi connectivity index (χ1n) is 8.13. The zero-order valence-corrected chi connectivity index (χ0v) is 15.1. The molecule has 5 heteroatoms. The summed E-state index contributed by atoms with van der Waals surface area (Å²) in [6.07, 6.45) is 3.36. The molecule has 3 aromatic rings. The summed E-state index contributed by atoms with van der Waals surface area (Å²) in [4.78, 5) is 5.58. The molecule has 2 aromatic heterocycles. The highest BCUT2D eigenvalue weighted by atomic mass is 16.3. The van der Waals surface area contributed by atoms with Gasteiger partial charge >= 0.3 is 0 Å². The summed E-state index contributed by atoms with van der Waals surface area (Å²) < 4.78 is 0. The van der Waals surface area contributed by atoms with E-state index >= 15 is 0 Å². The first kappa shape index (κ1) is 16.4. The maximum absolute atomic E-state index is 10.9. The summed E-state index contributed by atoms with van der Waals surface area (Å²) >= 11 is 0. The molecule has 5 nitrogen and oxygen atoms in total. The summed E-state index contributed by atoms with van der Waals surface area (Å²) in [7, 11) is 0. The highest BCUT2D eigenvalue weighted by Crippen LogP contribution is 2.39. The summed E-state index contributed by atoms with van der Waals surface area (Å²) in [5.74, 6) is 0.226. The molecule has 0 atom stereocenters. The molecule has 0 saturated heterocycles. The van der Waals surface area contributed by atoms with Gasteiger partial charge in [-0.2, -0.15) is 0 Å². The molecule has 0 fully saturated rings. The Morgan fingerprint density at radius 1 is 0.917 bits per heavy atom. The van der Waals surface area contributed by atoms with Gasteiger partial charge in [0.15, 0.2) is 0 Å². The number of pyridine rings is 1. The Balaban J connectivity index is 2.30. The van der Waals surface area contributed by atoms with Gasteiger partial charge in [-0.25, -0.2) is 0 Å². The molecule has 0 aliphatic carbocycles. The highest BCUT2D eigenvalue weighted by molar-refractivity contribution is 5.72. The molecule has 0 radical (unpaired) electrons. The fourth-order valence-corrected chi connectivity index (χ4v) is 2.65. The number of hydrogen-bond donors (Lipinski definition) is 1. The summed E-state index contributed by atoms with van der Waals surface area (Å²) in [6, 6.07) is 5.87. The number of phenolic OH excluding ortho intramolecular Hbond substituents is 1. The fourth-order valence-electron chi connectivity index (χ4n) is 2.65. The van der Waals surface area contributed by atoms with Crippen LogP contribution in [0.25, 0.3) is 16.7 Å². The van der Waals surface area contributed by atoms with E-state index in [0.29, 0.717) is 11.2 Å². The van der Waals surface area contributed by atoms with Gasteiger partial charge in [0.05, 0.1) is 6.20 Å². The monoisotopic (exact) mass is 324 g/mol. The van der Waals surface area contributed by atoms with E-state index in [-0.39, 0.29) is 16.6 Å².